The van der Waals surface area contributed by atoms with Crippen LogP contribution in [0.15, 0.2) is 12.1 Å². The molecule has 0 atom stereocenters. The van der Waals surface area contributed by atoms with Gasteiger partial charge in [0, 0.05) is 12.1 Å². The molecule has 0 aromatic heterocycles. The van der Waals surface area contributed by atoms with Gasteiger partial charge in [0.1, 0.15) is 19.0 Å². The smallest absolute Gasteiger partial charge is 0.165 e. The van der Waals surface area contributed by atoms with Crippen LogP contribution in [-0.2, 0) is 0 Å². The fraction of sp³-hybridized carbons (Fsp3) is 0.571. The third-order valence-electron chi connectivity index (χ3n) is 2.86. The van der Waals surface area contributed by atoms with Gasteiger partial charge < -0.3 is 19.9 Å². The normalized spacial score (nSPS) is 13.7. The van der Waals surface area contributed by atoms with Crippen LogP contribution in [0.4, 0.5) is 5.69 Å². The van der Waals surface area contributed by atoms with Gasteiger partial charge in [0.25, 0.3) is 0 Å². The van der Waals surface area contributed by atoms with Crippen LogP contribution in [0.1, 0.15) is 26.7 Å². The highest BCUT2D eigenvalue weighted by Crippen LogP contribution is 2.38. The van der Waals surface area contributed by atoms with Crippen molar-refractivity contribution in [2.45, 2.75) is 26.7 Å². The second-order valence-electron chi connectivity index (χ2n) is 4.92. The Bertz CT molecular complexity index is 404. The van der Waals surface area contributed by atoms with Gasteiger partial charge in [0.2, 0.25) is 0 Å². The van der Waals surface area contributed by atoms with Gasteiger partial charge in [-0.15, -0.1) is 0 Å². The number of hydrogen-bond donors (Lipinski definition) is 1. The van der Waals surface area contributed by atoms with Crippen molar-refractivity contribution in [2.75, 3.05) is 25.6 Å². The lowest BCUT2D eigenvalue weighted by Crippen LogP contribution is -2.15. The standard InChI is InChI=1S/C14H21NO3/c1-10(2)4-3-5-16-12-9-14-13(8-11(12)15)17-6-7-18-14/h8-10H,3-7,15H2,1-2H3. The highest BCUT2D eigenvalue weighted by atomic mass is 16.6. The largest absolute Gasteiger partial charge is 0.491 e. The molecule has 4 nitrogen and oxygen atoms in total. The summed E-state index contributed by atoms with van der Waals surface area (Å²) in [4.78, 5) is 0. The Morgan fingerprint density at radius 2 is 1.89 bits per heavy atom. The molecule has 4 heteroatoms. The molecule has 0 saturated heterocycles. The van der Waals surface area contributed by atoms with E-state index < -0.39 is 0 Å². The number of nitrogen functional groups attached to an aromatic ring is 1. The van der Waals surface area contributed by atoms with Crippen molar-refractivity contribution in [1.82, 2.24) is 0 Å². The number of benzene rings is 1. The average molecular weight is 251 g/mol. The first-order chi connectivity index (χ1) is 8.66. The summed E-state index contributed by atoms with van der Waals surface area (Å²) < 4.78 is 16.7. The molecule has 1 aliphatic heterocycles. The first kappa shape index (κ1) is 12.9. The molecule has 0 radical (unpaired) electrons. The predicted octanol–water partition coefficient (Wildman–Crippen LogP) is 2.86. The van der Waals surface area contributed by atoms with Gasteiger partial charge in [-0.3, -0.25) is 0 Å². The summed E-state index contributed by atoms with van der Waals surface area (Å²) in [5.74, 6) is 2.80. The maximum Gasteiger partial charge on any atom is 0.165 e. The summed E-state index contributed by atoms with van der Waals surface area (Å²) in [5, 5.41) is 0. The van der Waals surface area contributed by atoms with Crippen LogP contribution in [0.25, 0.3) is 0 Å². The fourth-order valence-electron chi connectivity index (χ4n) is 1.88. The molecule has 2 N–H and O–H groups in total. The van der Waals surface area contributed by atoms with E-state index in [9.17, 15) is 0 Å². The second kappa shape index (κ2) is 5.85. The Hall–Kier alpha value is -1.58. The van der Waals surface area contributed by atoms with Crippen molar-refractivity contribution in [3.05, 3.63) is 12.1 Å². The van der Waals surface area contributed by atoms with Crippen LogP contribution >= 0.6 is 0 Å². The Morgan fingerprint density at radius 3 is 2.56 bits per heavy atom. The molecule has 0 aliphatic carbocycles. The van der Waals surface area contributed by atoms with E-state index in [0.717, 1.165) is 12.8 Å². The van der Waals surface area contributed by atoms with E-state index in [2.05, 4.69) is 13.8 Å². The van der Waals surface area contributed by atoms with E-state index in [4.69, 9.17) is 19.9 Å². The van der Waals surface area contributed by atoms with Gasteiger partial charge in [0.15, 0.2) is 11.5 Å². The zero-order chi connectivity index (χ0) is 13.0. The Labute approximate surface area is 108 Å². The van der Waals surface area contributed by atoms with E-state index in [1.165, 1.54) is 0 Å². The number of fused-ring (bicyclic) bond motifs is 1. The summed E-state index contributed by atoms with van der Waals surface area (Å²) in [5.41, 5.74) is 6.53. The number of ether oxygens (including phenoxy) is 3. The SMILES string of the molecule is CC(C)CCCOc1cc2c(cc1N)OCCO2. The zero-order valence-electron chi connectivity index (χ0n) is 11.1. The van der Waals surface area contributed by atoms with Crippen LogP contribution in [0.5, 0.6) is 17.2 Å². The summed E-state index contributed by atoms with van der Waals surface area (Å²) >= 11 is 0. The van der Waals surface area contributed by atoms with Gasteiger partial charge >= 0.3 is 0 Å². The lowest BCUT2D eigenvalue weighted by molar-refractivity contribution is 0.170. The van der Waals surface area contributed by atoms with Gasteiger partial charge in [-0.05, 0) is 18.8 Å². The molecule has 0 bridgehead atoms. The monoisotopic (exact) mass is 251 g/mol. The number of rotatable bonds is 5. The Kier molecular flexibility index (Phi) is 4.18. The van der Waals surface area contributed by atoms with Gasteiger partial charge in [-0.25, -0.2) is 0 Å². The van der Waals surface area contributed by atoms with E-state index in [0.29, 0.717) is 48.7 Å². The van der Waals surface area contributed by atoms with Crippen LogP contribution in [0, 0.1) is 5.92 Å². The maximum atomic E-state index is 5.93. The van der Waals surface area contributed by atoms with Gasteiger partial charge in [0.05, 0.1) is 12.3 Å². The third-order valence-corrected chi connectivity index (χ3v) is 2.86. The zero-order valence-corrected chi connectivity index (χ0v) is 11.1. The molecule has 0 fully saturated rings. The minimum atomic E-state index is 0.570. The Morgan fingerprint density at radius 1 is 1.22 bits per heavy atom. The summed E-state index contributed by atoms with van der Waals surface area (Å²) in [6.07, 6.45) is 2.19. The molecule has 0 unspecified atom stereocenters. The van der Waals surface area contributed by atoms with E-state index in [1.807, 2.05) is 6.07 Å². The van der Waals surface area contributed by atoms with Crippen LogP contribution < -0.4 is 19.9 Å². The predicted molar refractivity (Wildman–Crippen MR) is 71.4 cm³/mol. The second-order valence-corrected chi connectivity index (χ2v) is 4.92. The molecule has 0 spiro atoms. The van der Waals surface area contributed by atoms with Crippen molar-refractivity contribution >= 4 is 5.69 Å². The Balaban J connectivity index is 1.95. The molecule has 100 valence electrons. The fourth-order valence-corrected chi connectivity index (χ4v) is 1.88. The number of hydrogen-bond acceptors (Lipinski definition) is 4. The molecule has 1 heterocycles. The highest BCUT2D eigenvalue weighted by molar-refractivity contribution is 5.62. The molecular formula is C14H21NO3. The number of nitrogens with two attached hydrogens (primary N) is 1. The number of anilines is 1. The molecule has 1 aliphatic rings. The van der Waals surface area contributed by atoms with E-state index in [-0.39, 0.29) is 0 Å². The van der Waals surface area contributed by atoms with Crippen molar-refractivity contribution in [3.63, 3.8) is 0 Å². The summed E-state index contributed by atoms with van der Waals surface area (Å²) in [6.45, 7) is 6.24. The molecular weight excluding hydrogens is 230 g/mol. The van der Waals surface area contributed by atoms with Crippen molar-refractivity contribution in [2.24, 2.45) is 5.92 Å². The van der Waals surface area contributed by atoms with Gasteiger partial charge in [-0.1, -0.05) is 13.8 Å². The van der Waals surface area contributed by atoms with Crippen molar-refractivity contribution in [1.29, 1.82) is 0 Å². The maximum absolute atomic E-state index is 5.93. The first-order valence-corrected chi connectivity index (χ1v) is 6.48. The van der Waals surface area contributed by atoms with Crippen LogP contribution in [0.2, 0.25) is 0 Å². The minimum Gasteiger partial charge on any atom is -0.491 e. The molecule has 1 aromatic rings. The van der Waals surface area contributed by atoms with Crippen molar-refractivity contribution in [3.8, 4) is 17.2 Å². The first-order valence-electron chi connectivity index (χ1n) is 6.48. The van der Waals surface area contributed by atoms with Crippen LogP contribution in [0.3, 0.4) is 0 Å². The lowest BCUT2D eigenvalue weighted by Gasteiger charge is -2.20. The lowest BCUT2D eigenvalue weighted by atomic mass is 10.1. The van der Waals surface area contributed by atoms with Gasteiger partial charge in [-0.2, -0.15) is 0 Å². The average Bonchev–Trinajstić information content (AvgIpc) is 2.34. The van der Waals surface area contributed by atoms with Crippen molar-refractivity contribution < 1.29 is 14.2 Å². The van der Waals surface area contributed by atoms with E-state index in [1.54, 1.807) is 6.07 Å². The van der Waals surface area contributed by atoms with Crippen LogP contribution in [-0.4, -0.2) is 19.8 Å². The quantitative estimate of drug-likeness (QED) is 0.646. The minimum absolute atomic E-state index is 0.570. The summed E-state index contributed by atoms with van der Waals surface area (Å²) in [6, 6.07) is 3.59. The molecule has 1 aromatic carbocycles. The topological polar surface area (TPSA) is 53.7 Å². The molecule has 0 amide bonds. The summed E-state index contributed by atoms with van der Waals surface area (Å²) in [7, 11) is 0. The molecule has 18 heavy (non-hydrogen) atoms. The van der Waals surface area contributed by atoms with E-state index >= 15 is 0 Å². The highest BCUT2D eigenvalue weighted by Gasteiger charge is 2.15. The molecule has 0 saturated carbocycles. The third kappa shape index (κ3) is 3.22. The molecule has 2 rings (SSSR count).